The Hall–Kier alpha value is -0.820. The summed E-state index contributed by atoms with van der Waals surface area (Å²) in [6.07, 6.45) is -4.37. The summed E-state index contributed by atoms with van der Waals surface area (Å²) in [5, 5.41) is 4.52. The first-order valence-electron chi connectivity index (χ1n) is 5.34. The van der Waals surface area contributed by atoms with Gasteiger partial charge in [0.05, 0.1) is 12.1 Å². The minimum Gasteiger partial charge on any atom is -0.375 e. The van der Waals surface area contributed by atoms with Gasteiger partial charge in [-0.15, -0.1) is 0 Å². The predicted molar refractivity (Wildman–Crippen MR) is 57.6 cm³/mol. The molecule has 0 saturated heterocycles. The predicted octanol–water partition coefficient (Wildman–Crippen LogP) is 1.07. The molecule has 0 heterocycles. The molecular formula is C10H19F3N2O2. The van der Waals surface area contributed by atoms with E-state index in [1.54, 1.807) is 5.32 Å². The van der Waals surface area contributed by atoms with Crippen molar-refractivity contribution in [3.05, 3.63) is 0 Å². The fourth-order valence-electron chi connectivity index (χ4n) is 1.18. The van der Waals surface area contributed by atoms with Crippen molar-refractivity contribution in [2.75, 3.05) is 26.2 Å². The van der Waals surface area contributed by atoms with Gasteiger partial charge in [0.2, 0.25) is 5.91 Å². The van der Waals surface area contributed by atoms with E-state index >= 15 is 0 Å². The molecule has 102 valence electrons. The number of ether oxygens (including phenoxy) is 1. The lowest BCUT2D eigenvalue weighted by molar-refractivity contribution is -0.138. The Morgan fingerprint density at radius 3 is 2.29 bits per heavy atom. The molecule has 0 atom stereocenters. The molecule has 0 aromatic heterocycles. The van der Waals surface area contributed by atoms with Crippen LogP contribution in [-0.2, 0) is 9.53 Å². The monoisotopic (exact) mass is 256 g/mol. The Kier molecular flexibility index (Phi) is 6.48. The second-order valence-electron chi connectivity index (χ2n) is 4.19. The van der Waals surface area contributed by atoms with Crippen LogP contribution < -0.4 is 10.6 Å². The highest BCUT2D eigenvalue weighted by Crippen LogP contribution is 2.11. The molecule has 0 fully saturated rings. The highest BCUT2D eigenvalue weighted by atomic mass is 19.4. The van der Waals surface area contributed by atoms with Crippen LogP contribution >= 0.6 is 0 Å². The Balaban J connectivity index is 3.72. The van der Waals surface area contributed by atoms with Crippen LogP contribution in [0.2, 0.25) is 0 Å². The zero-order valence-corrected chi connectivity index (χ0v) is 10.3. The van der Waals surface area contributed by atoms with Gasteiger partial charge in [-0.1, -0.05) is 0 Å². The van der Waals surface area contributed by atoms with Crippen molar-refractivity contribution < 1.29 is 22.7 Å². The van der Waals surface area contributed by atoms with E-state index in [1.807, 2.05) is 20.8 Å². The summed E-state index contributed by atoms with van der Waals surface area (Å²) in [4.78, 5) is 11.0. The van der Waals surface area contributed by atoms with E-state index in [0.29, 0.717) is 13.2 Å². The van der Waals surface area contributed by atoms with Gasteiger partial charge in [-0.3, -0.25) is 4.79 Å². The lowest BCUT2D eigenvalue weighted by Gasteiger charge is -2.24. The highest BCUT2D eigenvalue weighted by molar-refractivity contribution is 5.78. The second kappa shape index (κ2) is 6.80. The normalized spacial score (nSPS) is 12.6. The number of nitrogens with one attached hydrogen (secondary N) is 2. The van der Waals surface area contributed by atoms with Crippen molar-refractivity contribution in [1.82, 2.24) is 10.6 Å². The summed E-state index contributed by atoms with van der Waals surface area (Å²) in [6, 6.07) is 0. The number of halogens is 3. The smallest absolute Gasteiger partial charge is 0.375 e. The first-order valence-corrected chi connectivity index (χ1v) is 5.34. The minimum absolute atomic E-state index is 0.160. The summed E-state index contributed by atoms with van der Waals surface area (Å²) in [7, 11) is 0. The lowest BCUT2D eigenvalue weighted by Crippen LogP contribution is -2.44. The summed E-state index contributed by atoms with van der Waals surface area (Å²) < 4.78 is 40.7. The quantitative estimate of drug-likeness (QED) is 0.716. The third kappa shape index (κ3) is 10.1. The van der Waals surface area contributed by atoms with E-state index in [-0.39, 0.29) is 6.54 Å². The van der Waals surface area contributed by atoms with Gasteiger partial charge in [0, 0.05) is 13.2 Å². The van der Waals surface area contributed by atoms with Crippen LogP contribution in [0.3, 0.4) is 0 Å². The van der Waals surface area contributed by atoms with Crippen LogP contribution in [-0.4, -0.2) is 43.9 Å². The van der Waals surface area contributed by atoms with Crippen LogP contribution in [0, 0.1) is 0 Å². The summed E-state index contributed by atoms with van der Waals surface area (Å²) in [5.74, 6) is -0.686. The molecule has 17 heavy (non-hydrogen) atoms. The van der Waals surface area contributed by atoms with E-state index in [4.69, 9.17) is 4.74 Å². The van der Waals surface area contributed by atoms with Crippen molar-refractivity contribution in [2.45, 2.75) is 32.5 Å². The molecule has 7 heteroatoms. The van der Waals surface area contributed by atoms with Gasteiger partial charge >= 0.3 is 6.18 Å². The van der Waals surface area contributed by atoms with E-state index < -0.39 is 24.2 Å². The Morgan fingerprint density at radius 2 is 1.82 bits per heavy atom. The number of carbonyl (C=O) groups excluding carboxylic acids is 1. The van der Waals surface area contributed by atoms with E-state index in [2.05, 4.69) is 5.32 Å². The highest BCUT2D eigenvalue weighted by Gasteiger charge is 2.27. The lowest BCUT2D eigenvalue weighted by atomic mass is 10.1. The van der Waals surface area contributed by atoms with Gasteiger partial charge in [0.25, 0.3) is 0 Å². The average Bonchev–Trinajstić information content (AvgIpc) is 2.13. The number of amides is 1. The van der Waals surface area contributed by atoms with Crippen molar-refractivity contribution in [1.29, 1.82) is 0 Å². The maximum absolute atomic E-state index is 11.8. The molecule has 0 aromatic carbocycles. The van der Waals surface area contributed by atoms with Crippen LogP contribution in [0.15, 0.2) is 0 Å². The van der Waals surface area contributed by atoms with Crippen molar-refractivity contribution in [3.8, 4) is 0 Å². The molecule has 0 saturated carbocycles. The molecule has 2 N–H and O–H groups in total. The maximum atomic E-state index is 11.8. The third-order valence-electron chi connectivity index (χ3n) is 1.86. The molecule has 0 bridgehead atoms. The number of carbonyl (C=O) groups is 1. The second-order valence-corrected chi connectivity index (χ2v) is 4.19. The molecule has 1 amide bonds. The number of alkyl halides is 3. The zero-order valence-electron chi connectivity index (χ0n) is 10.3. The maximum Gasteiger partial charge on any atom is 0.405 e. The fraction of sp³-hybridized carbons (Fsp3) is 0.900. The molecule has 4 nitrogen and oxygen atoms in total. The molecule has 0 rings (SSSR count). The number of rotatable bonds is 7. The van der Waals surface area contributed by atoms with Crippen LogP contribution in [0.4, 0.5) is 13.2 Å². The molecular weight excluding hydrogens is 237 g/mol. The topological polar surface area (TPSA) is 50.4 Å². The summed E-state index contributed by atoms with van der Waals surface area (Å²) in [6.45, 7) is 4.97. The van der Waals surface area contributed by atoms with Crippen molar-refractivity contribution in [3.63, 3.8) is 0 Å². The molecule has 0 radical (unpaired) electrons. The van der Waals surface area contributed by atoms with Crippen LogP contribution in [0.1, 0.15) is 20.8 Å². The largest absolute Gasteiger partial charge is 0.405 e. The molecule has 0 aliphatic heterocycles. The van der Waals surface area contributed by atoms with Gasteiger partial charge in [0.1, 0.15) is 6.54 Å². The van der Waals surface area contributed by atoms with Crippen LogP contribution in [0.25, 0.3) is 0 Å². The van der Waals surface area contributed by atoms with Crippen LogP contribution in [0.5, 0.6) is 0 Å². The molecule has 0 spiro atoms. The Labute approximate surface area is 98.9 Å². The summed E-state index contributed by atoms with van der Waals surface area (Å²) in [5.41, 5.74) is -0.445. The van der Waals surface area contributed by atoms with Gasteiger partial charge < -0.3 is 15.4 Å². The van der Waals surface area contributed by atoms with Gasteiger partial charge in [-0.05, 0) is 20.8 Å². The average molecular weight is 256 g/mol. The van der Waals surface area contributed by atoms with Gasteiger partial charge in [-0.2, -0.15) is 13.2 Å². The molecule has 0 unspecified atom stereocenters. The fourth-order valence-corrected chi connectivity index (χ4v) is 1.18. The standard InChI is InChI=1S/C10H19F3N2O2/c1-4-17-9(2,3)6-14-5-8(16)15-7-10(11,12)13/h14H,4-7H2,1-3H3,(H,15,16). The minimum atomic E-state index is -4.37. The third-order valence-corrected chi connectivity index (χ3v) is 1.86. The Bertz CT molecular complexity index is 242. The van der Waals surface area contributed by atoms with Gasteiger partial charge in [0.15, 0.2) is 0 Å². The van der Waals surface area contributed by atoms with E-state index in [9.17, 15) is 18.0 Å². The summed E-state index contributed by atoms with van der Waals surface area (Å²) >= 11 is 0. The first-order chi connectivity index (χ1) is 7.66. The van der Waals surface area contributed by atoms with E-state index in [1.165, 1.54) is 0 Å². The number of hydrogen-bond donors (Lipinski definition) is 2. The van der Waals surface area contributed by atoms with Crippen molar-refractivity contribution in [2.24, 2.45) is 0 Å². The zero-order chi connectivity index (χ0) is 13.5. The first kappa shape index (κ1) is 16.2. The molecule has 0 aliphatic rings. The molecule has 0 aromatic rings. The van der Waals surface area contributed by atoms with Crippen molar-refractivity contribution >= 4 is 5.91 Å². The van der Waals surface area contributed by atoms with Gasteiger partial charge in [-0.25, -0.2) is 0 Å². The number of hydrogen-bond acceptors (Lipinski definition) is 3. The molecule has 0 aliphatic carbocycles. The SMILES string of the molecule is CCOC(C)(C)CNCC(=O)NCC(F)(F)F. The Morgan fingerprint density at radius 1 is 1.24 bits per heavy atom. The van der Waals surface area contributed by atoms with E-state index in [0.717, 1.165) is 0 Å².